The molecule has 1 aliphatic heterocycles. The topological polar surface area (TPSA) is 41.6 Å². The van der Waals surface area contributed by atoms with Gasteiger partial charge in [-0.15, -0.1) is 0 Å². The molecule has 2 rings (SSSR count). The van der Waals surface area contributed by atoms with Gasteiger partial charge in [0.25, 0.3) is 0 Å². The molecule has 1 atom stereocenters. The number of methoxy groups -OCH3 is 1. The van der Waals surface area contributed by atoms with Crippen molar-refractivity contribution in [1.82, 2.24) is 4.90 Å². The first-order chi connectivity index (χ1) is 10.1. The van der Waals surface area contributed by atoms with Crippen LogP contribution < -0.4 is 5.32 Å². The molecule has 1 amide bonds. The Kier molecular flexibility index (Phi) is 5.62. The summed E-state index contributed by atoms with van der Waals surface area (Å²) in [6.45, 7) is 7.18. The third-order valence-corrected chi connectivity index (χ3v) is 3.85. The van der Waals surface area contributed by atoms with Crippen molar-refractivity contribution >= 4 is 11.6 Å². The number of hydrogen-bond acceptors (Lipinski definition) is 3. The molecule has 0 saturated carbocycles. The van der Waals surface area contributed by atoms with Gasteiger partial charge in [-0.05, 0) is 24.0 Å². The number of benzene rings is 1. The summed E-state index contributed by atoms with van der Waals surface area (Å²) in [4.78, 5) is 14.9. The van der Waals surface area contributed by atoms with Crippen molar-refractivity contribution in [2.75, 3.05) is 38.7 Å². The van der Waals surface area contributed by atoms with Crippen LogP contribution >= 0.6 is 0 Å². The van der Waals surface area contributed by atoms with Crippen molar-refractivity contribution in [3.05, 3.63) is 29.8 Å². The van der Waals surface area contributed by atoms with Crippen LogP contribution in [0.4, 0.5) is 5.69 Å². The third kappa shape index (κ3) is 3.97. The van der Waals surface area contributed by atoms with Crippen LogP contribution in [-0.2, 0) is 9.53 Å². The molecule has 1 heterocycles. The predicted octanol–water partition coefficient (Wildman–Crippen LogP) is 2.72. The van der Waals surface area contributed by atoms with Crippen LogP contribution in [0.5, 0.6) is 0 Å². The summed E-state index contributed by atoms with van der Waals surface area (Å²) in [5.41, 5.74) is 2.22. The summed E-state index contributed by atoms with van der Waals surface area (Å²) in [5, 5.41) is 3.37. The van der Waals surface area contributed by atoms with E-state index in [4.69, 9.17) is 4.74 Å². The van der Waals surface area contributed by atoms with Crippen LogP contribution in [0, 0.1) is 5.92 Å². The maximum Gasteiger partial charge on any atom is 0.230 e. The minimum Gasteiger partial charge on any atom is -0.385 e. The highest BCUT2D eigenvalue weighted by Gasteiger charge is 2.29. The number of nitrogens with one attached hydrogen (secondary N) is 1. The smallest absolute Gasteiger partial charge is 0.230 e. The Morgan fingerprint density at radius 2 is 2.19 bits per heavy atom. The van der Waals surface area contributed by atoms with Gasteiger partial charge in [0.15, 0.2) is 0 Å². The highest BCUT2D eigenvalue weighted by atomic mass is 16.5. The molecule has 0 radical (unpaired) electrons. The number of para-hydroxylation sites is 1. The van der Waals surface area contributed by atoms with Gasteiger partial charge in [0.2, 0.25) is 5.91 Å². The van der Waals surface area contributed by atoms with E-state index in [1.54, 1.807) is 7.11 Å². The lowest BCUT2D eigenvalue weighted by Crippen LogP contribution is -2.41. The second kappa shape index (κ2) is 7.46. The normalized spacial score (nSPS) is 17.2. The summed E-state index contributed by atoms with van der Waals surface area (Å²) in [6, 6.07) is 8.13. The van der Waals surface area contributed by atoms with Crippen LogP contribution in [0.3, 0.4) is 0 Å². The van der Waals surface area contributed by atoms with Crippen molar-refractivity contribution in [2.45, 2.75) is 26.2 Å². The molecule has 1 N–H and O–H groups in total. The van der Waals surface area contributed by atoms with E-state index in [0.29, 0.717) is 19.1 Å². The first kappa shape index (κ1) is 15.8. The Bertz CT molecular complexity index is 474. The quantitative estimate of drug-likeness (QED) is 0.876. The maximum atomic E-state index is 12.9. The van der Waals surface area contributed by atoms with Gasteiger partial charge in [-0.25, -0.2) is 0 Å². The van der Waals surface area contributed by atoms with E-state index in [2.05, 4.69) is 31.3 Å². The van der Waals surface area contributed by atoms with Gasteiger partial charge in [-0.2, -0.15) is 0 Å². The van der Waals surface area contributed by atoms with E-state index < -0.39 is 0 Å². The Morgan fingerprint density at radius 3 is 2.90 bits per heavy atom. The van der Waals surface area contributed by atoms with Crippen molar-refractivity contribution < 1.29 is 9.53 Å². The lowest BCUT2D eigenvalue weighted by atomic mass is 9.89. The number of hydrogen-bond donors (Lipinski definition) is 1. The van der Waals surface area contributed by atoms with Crippen LogP contribution in [0.15, 0.2) is 24.3 Å². The van der Waals surface area contributed by atoms with Crippen LogP contribution in [-0.4, -0.2) is 44.2 Å². The van der Waals surface area contributed by atoms with Crippen LogP contribution in [0.25, 0.3) is 0 Å². The number of anilines is 1. The number of ether oxygens (including phenoxy) is 1. The fraction of sp³-hybridized carbons (Fsp3) is 0.588. The zero-order chi connectivity index (χ0) is 15.2. The van der Waals surface area contributed by atoms with E-state index in [-0.39, 0.29) is 11.8 Å². The van der Waals surface area contributed by atoms with Crippen LogP contribution in [0.1, 0.15) is 31.7 Å². The molecule has 1 aromatic rings. The number of carbonyl (C=O) groups excluding carboxylic acids is 1. The Morgan fingerprint density at radius 1 is 1.43 bits per heavy atom. The first-order valence-electron chi connectivity index (χ1n) is 7.74. The van der Waals surface area contributed by atoms with E-state index in [1.807, 2.05) is 17.0 Å². The minimum absolute atomic E-state index is 0.0296. The average molecular weight is 290 g/mol. The lowest BCUT2D eigenvalue weighted by molar-refractivity contribution is -0.134. The monoisotopic (exact) mass is 290 g/mol. The van der Waals surface area contributed by atoms with Gasteiger partial charge in [0.1, 0.15) is 0 Å². The molecular weight excluding hydrogens is 264 g/mol. The predicted molar refractivity (Wildman–Crippen MR) is 85.6 cm³/mol. The van der Waals surface area contributed by atoms with Crippen LogP contribution in [0.2, 0.25) is 0 Å². The number of carbonyl (C=O) groups is 1. The second-order valence-corrected chi connectivity index (χ2v) is 6.03. The van der Waals surface area contributed by atoms with Gasteiger partial charge in [-0.3, -0.25) is 4.79 Å². The molecule has 21 heavy (non-hydrogen) atoms. The standard InChI is InChI=1S/C17H26N2O2/c1-13(2)12-19(10-11-21-3)17(20)15-8-9-18-16-7-5-4-6-14(15)16/h4-7,13,15,18H,8-12H2,1-3H3. The Labute approximate surface area is 127 Å². The second-order valence-electron chi connectivity index (χ2n) is 6.03. The molecule has 0 spiro atoms. The summed E-state index contributed by atoms with van der Waals surface area (Å²) in [6.07, 6.45) is 0.859. The van der Waals surface area contributed by atoms with E-state index in [0.717, 1.165) is 30.8 Å². The highest BCUT2D eigenvalue weighted by Crippen LogP contribution is 2.32. The molecule has 4 nitrogen and oxygen atoms in total. The number of amides is 1. The molecule has 0 bridgehead atoms. The van der Waals surface area contributed by atoms with Crippen molar-refractivity contribution in [2.24, 2.45) is 5.92 Å². The first-order valence-corrected chi connectivity index (χ1v) is 7.74. The minimum atomic E-state index is -0.0296. The lowest BCUT2D eigenvalue weighted by Gasteiger charge is -2.32. The molecule has 1 aromatic carbocycles. The van der Waals surface area contributed by atoms with Gasteiger partial charge in [-0.1, -0.05) is 32.0 Å². The number of fused-ring (bicyclic) bond motifs is 1. The van der Waals surface area contributed by atoms with Crippen molar-refractivity contribution in [1.29, 1.82) is 0 Å². The fourth-order valence-electron chi connectivity index (χ4n) is 2.88. The summed E-state index contributed by atoms with van der Waals surface area (Å²) < 4.78 is 5.15. The van der Waals surface area contributed by atoms with Crippen molar-refractivity contribution in [3.8, 4) is 0 Å². The fourth-order valence-corrected chi connectivity index (χ4v) is 2.88. The molecule has 0 fully saturated rings. The number of nitrogens with zero attached hydrogens (tertiary/aromatic N) is 1. The molecule has 4 heteroatoms. The van der Waals surface area contributed by atoms with Gasteiger partial charge < -0.3 is 15.0 Å². The Balaban J connectivity index is 2.16. The largest absolute Gasteiger partial charge is 0.385 e. The average Bonchev–Trinajstić information content (AvgIpc) is 2.50. The summed E-state index contributed by atoms with van der Waals surface area (Å²) >= 11 is 0. The van der Waals surface area contributed by atoms with Crippen molar-refractivity contribution in [3.63, 3.8) is 0 Å². The molecule has 0 aromatic heterocycles. The van der Waals surface area contributed by atoms with Gasteiger partial charge in [0, 0.05) is 32.4 Å². The highest BCUT2D eigenvalue weighted by molar-refractivity contribution is 5.86. The summed E-state index contributed by atoms with van der Waals surface area (Å²) in [7, 11) is 1.68. The van der Waals surface area contributed by atoms with Gasteiger partial charge >= 0.3 is 0 Å². The van der Waals surface area contributed by atoms with E-state index in [1.165, 1.54) is 0 Å². The zero-order valence-electron chi connectivity index (χ0n) is 13.3. The number of rotatable bonds is 6. The summed E-state index contributed by atoms with van der Waals surface area (Å²) in [5.74, 6) is 0.663. The Hall–Kier alpha value is -1.55. The molecule has 0 saturated heterocycles. The third-order valence-electron chi connectivity index (χ3n) is 3.85. The maximum absolute atomic E-state index is 12.9. The zero-order valence-corrected chi connectivity index (χ0v) is 13.3. The molecule has 1 unspecified atom stereocenters. The van der Waals surface area contributed by atoms with Gasteiger partial charge in [0.05, 0.1) is 12.5 Å². The molecular formula is C17H26N2O2. The molecule has 0 aliphatic carbocycles. The SMILES string of the molecule is COCCN(CC(C)C)C(=O)C1CCNc2ccccc21. The van der Waals surface area contributed by atoms with E-state index >= 15 is 0 Å². The van der Waals surface area contributed by atoms with E-state index in [9.17, 15) is 4.79 Å². The molecule has 116 valence electrons. The molecule has 1 aliphatic rings.